The lowest BCUT2D eigenvalue weighted by Crippen LogP contribution is -2.13. The molecule has 4 rings (SSSR count). The summed E-state index contributed by atoms with van der Waals surface area (Å²) in [4.78, 5) is 12.3. The first kappa shape index (κ1) is 17.8. The number of hydrogen-bond donors (Lipinski definition) is 1. The minimum atomic E-state index is -3.89. The number of anilines is 1. The quantitative estimate of drug-likeness (QED) is 0.511. The number of sulfonamides is 1. The molecule has 138 valence electrons. The molecule has 1 N–H and O–H groups in total. The van der Waals surface area contributed by atoms with E-state index in [4.69, 9.17) is 16.9 Å². The van der Waals surface area contributed by atoms with Crippen LogP contribution in [0.3, 0.4) is 0 Å². The smallest absolute Gasteiger partial charge is 0.263 e. The van der Waals surface area contributed by atoms with Crippen LogP contribution >= 0.6 is 11.6 Å². The fourth-order valence-corrected chi connectivity index (χ4v) is 3.70. The molecule has 0 fully saturated rings. The van der Waals surface area contributed by atoms with Crippen molar-refractivity contribution in [1.29, 1.82) is 5.26 Å². The van der Waals surface area contributed by atoms with Crippen molar-refractivity contribution in [2.24, 2.45) is 0 Å². The molecule has 11 heteroatoms. The van der Waals surface area contributed by atoms with Gasteiger partial charge in [0.05, 0.1) is 17.6 Å². The second-order valence-corrected chi connectivity index (χ2v) is 7.65. The van der Waals surface area contributed by atoms with E-state index in [0.717, 1.165) is 0 Å². The topological polar surface area (TPSA) is 126 Å². The summed E-state index contributed by atoms with van der Waals surface area (Å²) in [6.07, 6.45) is 7.23. The Labute approximate surface area is 164 Å². The van der Waals surface area contributed by atoms with Crippen LogP contribution in [0.1, 0.15) is 5.56 Å². The lowest BCUT2D eigenvalue weighted by atomic mass is 10.2. The number of nitriles is 1. The Morgan fingerprint density at radius 3 is 2.82 bits per heavy atom. The molecular formula is C17H10ClN7O2S. The average Bonchev–Trinajstić information content (AvgIpc) is 3.12. The van der Waals surface area contributed by atoms with Gasteiger partial charge in [-0.05, 0) is 24.3 Å². The molecule has 0 aliphatic heterocycles. The maximum Gasteiger partial charge on any atom is 0.263 e. The molecule has 0 spiro atoms. The van der Waals surface area contributed by atoms with Gasteiger partial charge in [0, 0.05) is 30.4 Å². The van der Waals surface area contributed by atoms with Gasteiger partial charge in [0.15, 0.2) is 10.8 Å². The van der Waals surface area contributed by atoms with Crippen LogP contribution in [-0.2, 0) is 10.0 Å². The summed E-state index contributed by atoms with van der Waals surface area (Å²) in [5, 5.41) is 13.2. The lowest BCUT2D eigenvalue weighted by Gasteiger charge is -2.10. The Bertz CT molecular complexity index is 1330. The highest BCUT2D eigenvalue weighted by Crippen LogP contribution is 2.28. The molecule has 4 heterocycles. The Morgan fingerprint density at radius 1 is 1.21 bits per heavy atom. The maximum absolute atomic E-state index is 12.5. The summed E-state index contributed by atoms with van der Waals surface area (Å²) in [7, 11) is -3.89. The zero-order valence-electron chi connectivity index (χ0n) is 14.0. The third kappa shape index (κ3) is 3.24. The first-order valence-electron chi connectivity index (χ1n) is 7.81. The normalized spacial score (nSPS) is 11.3. The van der Waals surface area contributed by atoms with Crippen LogP contribution in [0.4, 0.5) is 5.69 Å². The Hall–Kier alpha value is -3.55. The van der Waals surface area contributed by atoms with Gasteiger partial charge in [-0.25, -0.2) is 22.9 Å². The van der Waals surface area contributed by atoms with Crippen LogP contribution in [0.5, 0.6) is 0 Å². The van der Waals surface area contributed by atoms with E-state index >= 15 is 0 Å². The van der Waals surface area contributed by atoms with Crippen molar-refractivity contribution in [1.82, 2.24) is 24.6 Å². The molecule has 0 saturated carbocycles. The van der Waals surface area contributed by atoms with Crippen molar-refractivity contribution in [3.05, 3.63) is 66.0 Å². The van der Waals surface area contributed by atoms with Crippen molar-refractivity contribution in [2.45, 2.75) is 4.90 Å². The number of nitrogens with zero attached hydrogens (tertiary/aromatic N) is 6. The van der Waals surface area contributed by atoms with Crippen molar-refractivity contribution in [3.63, 3.8) is 0 Å². The van der Waals surface area contributed by atoms with E-state index < -0.39 is 10.0 Å². The average molecular weight is 412 g/mol. The van der Waals surface area contributed by atoms with Crippen LogP contribution in [0.15, 0.2) is 60.1 Å². The molecule has 0 bridgehead atoms. The van der Waals surface area contributed by atoms with E-state index in [0.29, 0.717) is 22.5 Å². The Morgan fingerprint density at radius 2 is 2.07 bits per heavy atom. The fraction of sp³-hybridized carbons (Fsp3) is 0. The molecule has 0 saturated heterocycles. The van der Waals surface area contributed by atoms with E-state index in [1.807, 2.05) is 6.07 Å². The highest BCUT2D eigenvalue weighted by atomic mass is 35.5. The molecule has 4 aromatic rings. The first-order chi connectivity index (χ1) is 13.5. The maximum atomic E-state index is 12.5. The molecule has 0 amide bonds. The SMILES string of the molecule is N#Cc1cnn2ccc(-c3cnc(Cl)c(NS(=O)(=O)c4cccnc4)c3)nc12. The number of rotatable bonds is 4. The summed E-state index contributed by atoms with van der Waals surface area (Å²) >= 11 is 6.07. The Kier molecular flexibility index (Phi) is 4.38. The van der Waals surface area contributed by atoms with Crippen molar-refractivity contribution < 1.29 is 8.42 Å². The molecule has 28 heavy (non-hydrogen) atoms. The number of fused-ring (bicyclic) bond motifs is 1. The van der Waals surface area contributed by atoms with Crippen LogP contribution in [-0.4, -0.2) is 33.0 Å². The van der Waals surface area contributed by atoms with Gasteiger partial charge in [0.2, 0.25) is 0 Å². The monoisotopic (exact) mass is 411 g/mol. The van der Waals surface area contributed by atoms with Crippen LogP contribution in [0, 0.1) is 11.3 Å². The number of pyridine rings is 2. The lowest BCUT2D eigenvalue weighted by molar-refractivity contribution is 0.601. The van der Waals surface area contributed by atoms with E-state index in [1.54, 1.807) is 12.3 Å². The summed E-state index contributed by atoms with van der Waals surface area (Å²) in [5.41, 5.74) is 1.80. The summed E-state index contributed by atoms with van der Waals surface area (Å²) in [6, 6.07) is 8.14. The molecule has 0 aromatic carbocycles. The summed E-state index contributed by atoms with van der Waals surface area (Å²) in [5.74, 6) is 0. The molecule has 0 radical (unpaired) electrons. The summed E-state index contributed by atoms with van der Waals surface area (Å²) < 4.78 is 28.9. The Balaban J connectivity index is 1.75. The molecular weight excluding hydrogens is 402 g/mol. The minimum absolute atomic E-state index is 0.00561. The fourth-order valence-electron chi connectivity index (χ4n) is 2.48. The highest BCUT2D eigenvalue weighted by molar-refractivity contribution is 7.92. The molecule has 9 nitrogen and oxygen atoms in total. The van der Waals surface area contributed by atoms with Crippen LogP contribution in [0.2, 0.25) is 5.15 Å². The second kappa shape index (κ2) is 6.88. The number of aromatic nitrogens is 5. The molecule has 4 aromatic heterocycles. The van der Waals surface area contributed by atoms with Gasteiger partial charge in [-0.2, -0.15) is 10.4 Å². The predicted molar refractivity (Wildman–Crippen MR) is 101 cm³/mol. The second-order valence-electron chi connectivity index (χ2n) is 5.61. The van der Waals surface area contributed by atoms with Crippen LogP contribution in [0.25, 0.3) is 16.9 Å². The van der Waals surface area contributed by atoms with Crippen molar-refractivity contribution in [2.75, 3.05) is 4.72 Å². The first-order valence-corrected chi connectivity index (χ1v) is 9.67. The molecule has 0 atom stereocenters. The van der Waals surface area contributed by atoms with E-state index in [2.05, 4.69) is 24.8 Å². The number of halogens is 1. The van der Waals surface area contributed by atoms with Crippen LogP contribution < -0.4 is 4.72 Å². The van der Waals surface area contributed by atoms with Gasteiger partial charge in [0.1, 0.15) is 16.5 Å². The van der Waals surface area contributed by atoms with E-state index in [1.165, 1.54) is 47.5 Å². The summed E-state index contributed by atoms with van der Waals surface area (Å²) in [6.45, 7) is 0. The third-order valence-electron chi connectivity index (χ3n) is 3.81. The van der Waals surface area contributed by atoms with Gasteiger partial charge in [-0.15, -0.1) is 0 Å². The minimum Gasteiger partial charge on any atom is -0.276 e. The van der Waals surface area contributed by atoms with Gasteiger partial charge in [-0.1, -0.05) is 11.6 Å². The molecule has 0 aliphatic carbocycles. The number of nitrogens with one attached hydrogen (secondary N) is 1. The van der Waals surface area contributed by atoms with E-state index in [9.17, 15) is 8.42 Å². The highest BCUT2D eigenvalue weighted by Gasteiger charge is 2.17. The van der Waals surface area contributed by atoms with Gasteiger partial charge in [0.25, 0.3) is 10.0 Å². The van der Waals surface area contributed by atoms with Gasteiger partial charge >= 0.3 is 0 Å². The van der Waals surface area contributed by atoms with E-state index in [-0.39, 0.29) is 15.7 Å². The van der Waals surface area contributed by atoms with Gasteiger partial charge < -0.3 is 0 Å². The zero-order valence-corrected chi connectivity index (χ0v) is 15.6. The third-order valence-corrected chi connectivity index (χ3v) is 5.47. The zero-order chi connectivity index (χ0) is 19.7. The predicted octanol–water partition coefficient (Wildman–Crippen LogP) is 2.51. The van der Waals surface area contributed by atoms with Gasteiger partial charge in [-0.3, -0.25) is 9.71 Å². The van der Waals surface area contributed by atoms with Crippen molar-refractivity contribution >= 4 is 33.0 Å². The molecule has 0 aliphatic rings. The standard InChI is InChI=1S/C17H10ClN7O2S/c18-16-15(24-28(26,27)13-2-1-4-20-10-13)6-11(8-21-16)14-3-5-25-17(23-14)12(7-19)9-22-25/h1-6,8-10,24H. The van der Waals surface area contributed by atoms with Crippen molar-refractivity contribution in [3.8, 4) is 17.3 Å². The number of hydrogen-bond acceptors (Lipinski definition) is 7. The molecule has 0 unspecified atom stereocenters. The largest absolute Gasteiger partial charge is 0.276 e.